The van der Waals surface area contributed by atoms with Crippen molar-refractivity contribution >= 4 is 10.9 Å². The lowest BCUT2D eigenvalue weighted by Crippen LogP contribution is -2.30. The summed E-state index contributed by atoms with van der Waals surface area (Å²) >= 11 is 0. The number of aliphatic hydroxyl groups excluding tert-OH is 1. The van der Waals surface area contributed by atoms with Gasteiger partial charge in [0.15, 0.2) is 0 Å². The normalized spacial score (nSPS) is 15.0. The summed E-state index contributed by atoms with van der Waals surface area (Å²) in [5.41, 5.74) is 5.02. The highest BCUT2D eigenvalue weighted by Gasteiger charge is 2.14. The van der Waals surface area contributed by atoms with Gasteiger partial charge in [0.2, 0.25) is 0 Å². The molecule has 1 saturated heterocycles. The van der Waals surface area contributed by atoms with E-state index in [1.165, 1.54) is 25.9 Å². The van der Waals surface area contributed by atoms with E-state index in [1.807, 2.05) is 42.3 Å². The van der Waals surface area contributed by atoms with Crippen LogP contribution in [0.2, 0.25) is 0 Å². The second-order valence-corrected chi connectivity index (χ2v) is 7.28. The van der Waals surface area contributed by atoms with Gasteiger partial charge in [-0.25, -0.2) is 4.98 Å². The fraction of sp³-hybridized carbons (Fsp3) is 0.429. The molecule has 0 bridgehead atoms. The molecule has 0 amide bonds. The smallest absolute Gasteiger partial charge is 0.0948 e. The molecule has 6 nitrogen and oxygen atoms in total. The van der Waals surface area contributed by atoms with E-state index in [0.29, 0.717) is 0 Å². The molecule has 3 aromatic rings. The Hall–Kier alpha value is -2.28. The summed E-state index contributed by atoms with van der Waals surface area (Å²) in [5, 5.41) is 14.0. The highest BCUT2D eigenvalue weighted by atomic mass is 16.3. The average Bonchev–Trinajstić information content (AvgIpc) is 3.35. The highest BCUT2D eigenvalue weighted by Crippen LogP contribution is 2.27. The molecule has 0 radical (unpaired) electrons. The van der Waals surface area contributed by atoms with Gasteiger partial charge in [0.05, 0.1) is 36.0 Å². The predicted octanol–water partition coefficient (Wildman–Crippen LogP) is 2.31. The van der Waals surface area contributed by atoms with Gasteiger partial charge in [-0.15, -0.1) is 0 Å². The first-order valence-corrected chi connectivity index (χ1v) is 9.68. The van der Waals surface area contributed by atoms with Crippen LogP contribution in [0.25, 0.3) is 22.2 Å². The number of fused-ring (bicyclic) bond motifs is 1. The standard InChI is InChI=1S/C21H27N5O/c1-25-15-23-13-21(25)18-11-17-10-16(14-27)4-5-19(17)24-20(18)12-22-6-9-26-7-2-3-8-26/h4-5,10-11,13,15,22,27H,2-3,6-9,12,14H2,1H3. The lowest BCUT2D eigenvalue weighted by atomic mass is 10.0. The van der Waals surface area contributed by atoms with Crippen LogP contribution in [0.3, 0.4) is 0 Å². The highest BCUT2D eigenvalue weighted by molar-refractivity contribution is 5.85. The number of aryl methyl sites for hydroxylation is 1. The maximum atomic E-state index is 9.43. The third-order valence-electron chi connectivity index (χ3n) is 5.33. The molecule has 0 unspecified atom stereocenters. The number of pyridine rings is 1. The third-order valence-corrected chi connectivity index (χ3v) is 5.33. The van der Waals surface area contributed by atoms with E-state index in [9.17, 15) is 5.11 Å². The average molecular weight is 365 g/mol. The molecule has 27 heavy (non-hydrogen) atoms. The maximum Gasteiger partial charge on any atom is 0.0948 e. The fourth-order valence-electron chi connectivity index (χ4n) is 3.79. The van der Waals surface area contributed by atoms with Gasteiger partial charge in [0.25, 0.3) is 0 Å². The zero-order valence-corrected chi connectivity index (χ0v) is 15.9. The largest absolute Gasteiger partial charge is 0.392 e. The van der Waals surface area contributed by atoms with E-state index in [2.05, 4.69) is 21.3 Å². The SMILES string of the molecule is Cn1cncc1-c1cc2cc(CO)ccc2nc1CNCCN1CCCC1. The summed E-state index contributed by atoms with van der Waals surface area (Å²) in [6, 6.07) is 8.09. The van der Waals surface area contributed by atoms with Crippen LogP contribution in [-0.4, -0.2) is 50.7 Å². The second-order valence-electron chi connectivity index (χ2n) is 7.28. The van der Waals surface area contributed by atoms with Gasteiger partial charge in [-0.1, -0.05) is 6.07 Å². The van der Waals surface area contributed by atoms with Gasteiger partial charge in [0, 0.05) is 37.6 Å². The summed E-state index contributed by atoms with van der Waals surface area (Å²) in [6.45, 7) is 5.28. The van der Waals surface area contributed by atoms with Crippen LogP contribution < -0.4 is 5.32 Å². The summed E-state index contributed by atoms with van der Waals surface area (Å²) in [5.74, 6) is 0. The van der Waals surface area contributed by atoms with Crippen molar-refractivity contribution in [1.29, 1.82) is 0 Å². The monoisotopic (exact) mass is 365 g/mol. The van der Waals surface area contributed by atoms with E-state index in [-0.39, 0.29) is 6.61 Å². The molecule has 0 aliphatic carbocycles. The Morgan fingerprint density at radius 3 is 2.78 bits per heavy atom. The van der Waals surface area contributed by atoms with Crippen molar-refractivity contribution in [3.05, 3.63) is 48.0 Å². The fourth-order valence-corrected chi connectivity index (χ4v) is 3.79. The first kappa shape index (κ1) is 18.1. The first-order chi connectivity index (χ1) is 13.2. The summed E-state index contributed by atoms with van der Waals surface area (Å²) in [7, 11) is 2.00. The molecule has 6 heteroatoms. The zero-order valence-electron chi connectivity index (χ0n) is 15.9. The van der Waals surface area contributed by atoms with Crippen molar-refractivity contribution in [2.75, 3.05) is 26.2 Å². The molecular formula is C21H27N5O. The van der Waals surface area contributed by atoms with Crippen LogP contribution >= 0.6 is 0 Å². The third kappa shape index (κ3) is 4.03. The van der Waals surface area contributed by atoms with Crippen LogP contribution in [0.4, 0.5) is 0 Å². The Morgan fingerprint density at radius 2 is 2.04 bits per heavy atom. The zero-order chi connectivity index (χ0) is 18.6. The molecular weight excluding hydrogens is 338 g/mol. The lowest BCUT2D eigenvalue weighted by molar-refractivity contribution is 0.282. The Balaban J connectivity index is 1.59. The van der Waals surface area contributed by atoms with E-state index in [1.54, 1.807) is 0 Å². The minimum Gasteiger partial charge on any atom is -0.392 e. The molecule has 1 aliphatic heterocycles. The minimum atomic E-state index is 0.0385. The number of nitrogens with zero attached hydrogens (tertiary/aromatic N) is 4. The number of benzene rings is 1. The summed E-state index contributed by atoms with van der Waals surface area (Å²) < 4.78 is 2.02. The minimum absolute atomic E-state index is 0.0385. The van der Waals surface area contributed by atoms with Crippen LogP contribution in [0.5, 0.6) is 0 Å². The second kappa shape index (κ2) is 8.17. The van der Waals surface area contributed by atoms with Gasteiger partial charge in [-0.05, 0) is 49.7 Å². The molecule has 4 rings (SSSR count). The van der Waals surface area contributed by atoms with Crippen molar-refractivity contribution in [2.45, 2.75) is 26.0 Å². The van der Waals surface area contributed by atoms with Crippen molar-refractivity contribution in [1.82, 2.24) is 24.8 Å². The predicted molar refractivity (Wildman–Crippen MR) is 107 cm³/mol. The van der Waals surface area contributed by atoms with E-state index >= 15 is 0 Å². The molecule has 142 valence electrons. The number of hydrogen-bond donors (Lipinski definition) is 2. The first-order valence-electron chi connectivity index (χ1n) is 9.68. The van der Waals surface area contributed by atoms with Gasteiger partial charge in [-0.2, -0.15) is 0 Å². The van der Waals surface area contributed by atoms with Crippen molar-refractivity contribution < 1.29 is 5.11 Å². The van der Waals surface area contributed by atoms with Gasteiger partial charge in [0.1, 0.15) is 0 Å². The van der Waals surface area contributed by atoms with Gasteiger partial charge < -0.3 is 19.9 Å². The molecule has 1 aliphatic rings. The molecule has 1 aromatic carbocycles. The lowest BCUT2D eigenvalue weighted by Gasteiger charge is -2.16. The molecule has 0 spiro atoms. The topological polar surface area (TPSA) is 66.2 Å². The number of hydrogen-bond acceptors (Lipinski definition) is 5. The summed E-state index contributed by atoms with van der Waals surface area (Å²) in [6.07, 6.45) is 6.35. The van der Waals surface area contributed by atoms with E-state index in [0.717, 1.165) is 53.1 Å². The number of likely N-dealkylation sites (tertiary alicyclic amines) is 1. The Kier molecular flexibility index (Phi) is 5.48. The van der Waals surface area contributed by atoms with Crippen molar-refractivity contribution in [3.8, 4) is 11.3 Å². The van der Waals surface area contributed by atoms with Crippen LogP contribution in [0.15, 0.2) is 36.8 Å². The molecule has 2 aromatic heterocycles. The number of imidazole rings is 1. The number of nitrogens with one attached hydrogen (secondary N) is 1. The molecule has 3 heterocycles. The Labute approximate surface area is 159 Å². The molecule has 2 N–H and O–H groups in total. The molecule has 1 fully saturated rings. The Morgan fingerprint density at radius 1 is 1.19 bits per heavy atom. The Bertz CT molecular complexity index is 914. The molecule has 0 atom stereocenters. The number of aromatic nitrogens is 3. The number of rotatable bonds is 7. The van der Waals surface area contributed by atoms with E-state index in [4.69, 9.17) is 4.98 Å². The van der Waals surface area contributed by atoms with Crippen LogP contribution in [0, 0.1) is 0 Å². The maximum absolute atomic E-state index is 9.43. The van der Waals surface area contributed by atoms with Crippen molar-refractivity contribution in [2.24, 2.45) is 7.05 Å². The van der Waals surface area contributed by atoms with Gasteiger partial charge in [-0.3, -0.25) is 4.98 Å². The molecule has 0 saturated carbocycles. The quantitative estimate of drug-likeness (QED) is 0.629. The van der Waals surface area contributed by atoms with Gasteiger partial charge >= 0.3 is 0 Å². The van der Waals surface area contributed by atoms with Crippen molar-refractivity contribution in [3.63, 3.8) is 0 Å². The van der Waals surface area contributed by atoms with Crippen LogP contribution in [0.1, 0.15) is 24.1 Å². The summed E-state index contributed by atoms with van der Waals surface area (Å²) in [4.78, 5) is 11.7. The van der Waals surface area contributed by atoms with E-state index < -0.39 is 0 Å². The van der Waals surface area contributed by atoms with Crippen LogP contribution in [-0.2, 0) is 20.2 Å². The number of aliphatic hydroxyl groups is 1.